The van der Waals surface area contributed by atoms with Crippen molar-refractivity contribution < 1.29 is 20.1 Å². The molecule has 0 spiro atoms. The van der Waals surface area contributed by atoms with Crippen LogP contribution in [0.15, 0.2) is 46.6 Å². The van der Waals surface area contributed by atoms with Crippen LogP contribution in [0, 0.1) is 28.1 Å². The van der Waals surface area contributed by atoms with E-state index in [1.807, 2.05) is 58.9 Å². The first-order chi connectivity index (χ1) is 15.8. The summed E-state index contributed by atoms with van der Waals surface area (Å²) in [5, 5.41) is 31.3. The van der Waals surface area contributed by atoms with Crippen molar-refractivity contribution in [3.63, 3.8) is 0 Å². The second kappa shape index (κ2) is 9.87. The Morgan fingerprint density at radius 2 is 1.76 bits per heavy atom. The van der Waals surface area contributed by atoms with Crippen LogP contribution in [-0.4, -0.2) is 39.9 Å². The van der Waals surface area contributed by atoms with Gasteiger partial charge < -0.3 is 15.3 Å². The van der Waals surface area contributed by atoms with Crippen LogP contribution in [0.3, 0.4) is 0 Å². The van der Waals surface area contributed by atoms with Crippen molar-refractivity contribution in [3.8, 4) is 0 Å². The molecule has 0 radical (unpaired) electrons. The molecule has 0 bridgehead atoms. The topological polar surface area (TPSA) is 77.8 Å². The van der Waals surface area contributed by atoms with Crippen LogP contribution in [0.1, 0.15) is 87.0 Å². The minimum atomic E-state index is -0.506. The van der Waals surface area contributed by atoms with E-state index in [0.29, 0.717) is 19.3 Å². The molecular formula is C30H46O4. The van der Waals surface area contributed by atoms with Crippen molar-refractivity contribution in [1.29, 1.82) is 0 Å². The van der Waals surface area contributed by atoms with E-state index < -0.39 is 17.6 Å². The quantitative estimate of drug-likeness (QED) is 0.265. The van der Waals surface area contributed by atoms with Crippen molar-refractivity contribution in [2.24, 2.45) is 28.1 Å². The molecule has 0 aliphatic heterocycles. The highest BCUT2D eigenvalue weighted by molar-refractivity contribution is 6.00. The molecule has 3 saturated carbocycles. The molecule has 0 aromatic rings. The van der Waals surface area contributed by atoms with Crippen LogP contribution in [-0.2, 0) is 4.79 Å². The molecule has 0 amide bonds. The van der Waals surface area contributed by atoms with E-state index in [1.54, 1.807) is 0 Å². The number of hydrogen-bond donors (Lipinski definition) is 3. The monoisotopic (exact) mass is 470 g/mol. The maximum atomic E-state index is 13.4. The van der Waals surface area contributed by atoms with Crippen molar-refractivity contribution >= 4 is 5.78 Å². The number of Topliss-reactive ketones (excluding diaryl/α,β-unsaturated/α-hetero) is 1. The van der Waals surface area contributed by atoms with E-state index in [-0.39, 0.29) is 35.1 Å². The van der Waals surface area contributed by atoms with Crippen LogP contribution < -0.4 is 0 Å². The Kier molecular flexibility index (Phi) is 7.87. The van der Waals surface area contributed by atoms with Crippen LogP contribution in [0.5, 0.6) is 0 Å². The summed E-state index contributed by atoms with van der Waals surface area (Å²) in [6.07, 6.45) is 11.5. The van der Waals surface area contributed by atoms with Gasteiger partial charge in [-0.25, -0.2) is 0 Å². The Morgan fingerprint density at radius 1 is 1.09 bits per heavy atom. The summed E-state index contributed by atoms with van der Waals surface area (Å²) in [5.74, 6) is 0.687. The van der Waals surface area contributed by atoms with Crippen LogP contribution in [0.2, 0.25) is 0 Å². The lowest BCUT2D eigenvalue weighted by molar-refractivity contribution is -0.178. The minimum Gasteiger partial charge on any atom is -0.396 e. The first kappa shape index (κ1) is 27.1. The Morgan fingerprint density at radius 3 is 2.38 bits per heavy atom. The predicted octanol–water partition coefficient (Wildman–Crippen LogP) is 5.69. The summed E-state index contributed by atoms with van der Waals surface area (Å²) >= 11 is 0. The van der Waals surface area contributed by atoms with E-state index >= 15 is 0 Å². The van der Waals surface area contributed by atoms with Gasteiger partial charge in [0.2, 0.25) is 0 Å². The SMILES string of the molecule is CC(C)=CC[C@H](O)C(C)=CC=C/C(C)=C1\C(=O)C[C@H]2[C@@]3(C)CC[C@@H](O)[C@](C)(CO)[C@@H]3CC[C@]12C. The van der Waals surface area contributed by atoms with Gasteiger partial charge in [0.05, 0.1) is 18.8 Å². The van der Waals surface area contributed by atoms with Gasteiger partial charge in [0.15, 0.2) is 5.78 Å². The molecule has 4 nitrogen and oxygen atoms in total. The van der Waals surface area contributed by atoms with Crippen LogP contribution in [0.4, 0.5) is 0 Å². The molecule has 3 fully saturated rings. The third-order valence-corrected chi connectivity index (χ3v) is 9.78. The third-order valence-electron chi connectivity index (χ3n) is 9.78. The fraction of sp³-hybridized carbons (Fsp3) is 0.700. The molecule has 0 aromatic heterocycles. The Bertz CT molecular complexity index is 920. The highest BCUT2D eigenvalue weighted by atomic mass is 16.3. The number of carbonyl (C=O) groups is 1. The first-order valence-corrected chi connectivity index (χ1v) is 13.0. The number of aliphatic hydroxyl groups is 3. The van der Waals surface area contributed by atoms with Crippen molar-refractivity contribution in [3.05, 3.63) is 46.6 Å². The summed E-state index contributed by atoms with van der Waals surface area (Å²) in [6.45, 7) is 14.6. The number of rotatable bonds is 6. The largest absolute Gasteiger partial charge is 0.396 e. The Labute approximate surface area is 206 Å². The molecule has 3 aliphatic rings. The van der Waals surface area contributed by atoms with E-state index in [1.165, 1.54) is 5.57 Å². The lowest BCUT2D eigenvalue weighted by Crippen LogP contribution is -2.59. The number of aliphatic hydroxyl groups excluding tert-OH is 3. The maximum Gasteiger partial charge on any atom is 0.160 e. The maximum absolute atomic E-state index is 13.4. The Balaban J connectivity index is 1.88. The second-order valence-electron chi connectivity index (χ2n) is 12.3. The number of ketones is 1. The van der Waals surface area contributed by atoms with E-state index in [2.05, 4.69) is 13.8 Å². The highest BCUT2D eigenvalue weighted by Crippen LogP contribution is 2.69. The fourth-order valence-corrected chi connectivity index (χ4v) is 7.68. The summed E-state index contributed by atoms with van der Waals surface area (Å²) in [7, 11) is 0. The second-order valence-corrected chi connectivity index (χ2v) is 12.3. The molecule has 3 rings (SSSR count). The summed E-state index contributed by atoms with van der Waals surface area (Å²) < 4.78 is 0. The van der Waals surface area contributed by atoms with Crippen molar-refractivity contribution in [2.75, 3.05) is 6.61 Å². The Hall–Kier alpha value is -1.49. The fourth-order valence-electron chi connectivity index (χ4n) is 7.68. The molecule has 0 unspecified atom stereocenters. The van der Waals surface area contributed by atoms with E-state index in [9.17, 15) is 20.1 Å². The molecule has 0 aromatic carbocycles. The van der Waals surface area contributed by atoms with Gasteiger partial charge in [-0.3, -0.25) is 4.79 Å². The van der Waals surface area contributed by atoms with Crippen LogP contribution >= 0.6 is 0 Å². The number of allylic oxidation sites excluding steroid dienone is 6. The zero-order valence-electron chi connectivity index (χ0n) is 22.3. The van der Waals surface area contributed by atoms with Gasteiger partial charge in [-0.1, -0.05) is 50.6 Å². The van der Waals surface area contributed by atoms with E-state index in [4.69, 9.17) is 0 Å². The number of carbonyl (C=O) groups excluding carboxylic acids is 1. The zero-order chi connectivity index (χ0) is 25.5. The van der Waals surface area contributed by atoms with Crippen molar-refractivity contribution in [1.82, 2.24) is 0 Å². The van der Waals surface area contributed by atoms with Gasteiger partial charge in [0, 0.05) is 22.8 Å². The van der Waals surface area contributed by atoms with Crippen molar-refractivity contribution in [2.45, 2.75) is 99.2 Å². The highest BCUT2D eigenvalue weighted by Gasteiger charge is 2.65. The molecule has 0 saturated heterocycles. The smallest absolute Gasteiger partial charge is 0.160 e. The molecule has 34 heavy (non-hydrogen) atoms. The molecule has 4 heteroatoms. The molecule has 0 heterocycles. The number of hydrogen-bond acceptors (Lipinski definition) is 4. The average molecular weight is 471 g/mol. The lowest BCUT2D eigenvalue weighted by Gasteiger charge is -2.62. The van der Waals surface area contributed by atoms with Gasteiger partial charge >= 0.3 is 0 Å². The van der Waals surface area contributed by atoms with Gasteiger partial charge in [-0.05, 0) is 88.2 Å². The van der Waals surface area contributed by atoms with Gasteiger partial charge in [-0.15, -0.1) is 0 Å². The molecule has 7 atom stereocenters. The average Bonchev–Trinajstić information content (AvgIpc) is 3.06. The van der Waals surface area contributed by atoms with Gasteiger partial charge in [0.25, 0.3) is 0 Å². The summed E-state index contributed by atoms with van der Waals surface area (Å²) in [6, 6.07) is 0. The molecule has 3 aliphatic carbocycles. The molecular weight excluding hydrogens is 424 g/mol. The lowest BCUT2D eigenvalue weighted by atomic mass is 9.43. The minimum absolute atomic E-state index is 0.0125. The first-order valence-electron chi connectivity index (χ1n) is 13.0. The molecule has 190 valence electrons. The summed E-state index contributed by atoms with van der Waals surface area (Å²) in [5.41, 5.74) is 3.31. The summed E-state index contributed by atoms with van der Waals surface area (Å²) in [4.78, 5) is 13.4. The van der Waals surface area contributed by atoms with E-state index in [0.717, 1.165) is 36.0 Å². The van der Waals surface area contributed by atoms with Gasteiger partial charge in [0.1, 0.15) is 0 Å². The normalized spacial score (nSPS) is 40.7. The number of fused-ring (bicyclic) bond motifs is 3. The zero-order valence-corrected chi connectivity index (χ0v) is 22.3. The standard InChI is InChI=1S/C30H46O4/c1-19(2)11-12-22(32)20(3)9-8-10-21(4)27-23(33)17-25-28(5)16-14-26(34)30(7,18-31)24(28)13-15-29(25,27)6/h8-11,22,24-26,31-32,34H,12-18H2,1-7H3/b10-8?,20-9?,27-21+/t22-,24+,25-,26+,28-,29-,30+/m0/s1. The third kappa shape index (κ3) is 4.54. The van der Waals surface area contributed by atoms with Gasteiger partial charge in [-0.2, -0.15) is 0 Å². The molecule has 3 N–H and O–H groups in total. The van der Waals surface area contributed by atoms with Crippen LogP contribution in [0.25, 0.3) is 0 Å². The predicted molar refractivity (Wildman–Crippen MR) is 138 cm³/mol.